The number of nitrogens with one attached hydrogen (secondary N) is 3. The van der Waals surface area contributed by atoms with E-state index in [9.17, 15) is 18.0 Å². The number of hydroxylamine groups is 1. The van der Waals surface area contributed by atoms with Crippen LogP contribution in [0.5, 0.6) is 0 Å². The highest BCUT2D eigenvalue weighted by atomic mass is 19.4. The van der Waals surface area contributed by atoms with Crippen molar-refractivity contribution in [2.75, 3.05) is 5.32 Å². The van der Waals surface area contributed by atoms with Crippen molar-refractivity contribution in [1.29, 1.82) is 0 Å². The van der Waals surface area contributed by atoms with Crippen LogP contribution in [0.25, 0.3) is 22.2 Å². The molecule has 0 bridgehead atoms. The lowest BCUT2D eigenvalue weighted by Gasteiger charge is -2.11. The van der Waals surface area contributed by atoms with E-state index in [4.69, 9.17) is 9.62 Å². The van der Waals surface area contributed by atoms with Gasteiger partial charge in [-0.3, -0.25) is 10.0 Å². The van der Waals surface area contributed by atoms with Gasteiger partial charge < -0.3 is 14.7 Å². The number of fused-ring (bicyclic) bond motifs is 1. The molecular formula is C19H13F3N4O3. The molecule has 4 rings (SSSR count). The second-order valence-electron chi connectivity index (χ2n) is 6.16. The SMILES string of the molecule is O=C(NO)c1cccc(Nc2nc3cc(-c4ccoc4)c(C(F)(F)F)cc3[nH]2)c1. The lowest BCUT2D eigenvalue weighted by Crippen LogP contribution is -2.18. The fourth-order valence-corrected chi connectivity index (χ4v) is 2.95. The van der Waals surface area contributed by atoms with Gasteiger partial charge in [-0.2, -0.15) is 13.2 Å². The van der Waals surface area contributed by atoms with Gasteiger partial charge in [0.25, 0.3) is 5.91 Å². The molecule has 7 nitrogen and oxygen atoms in total. The number of alkyl halides is 3. The number of hydrogen-bond acceptors (Lipinski definition) is 5. The predicted octanol–water partition coefficient (Wildman–Crippen LogP) is 4.70. The molecule has 0 atom stereocenters. The Morgan fingerprint density at radius 2 is 2.00 bits per heavy atom. The first-order valence-corrected chi connectivity index (χ1v) is 8.30. The molecule has 4 aromatic rings. The number of furan rings is 1. The Bertz CT molecular complexity index is 1180. The predicted molar refractivity (Wildman–Crippen MR) is 97.8 cm³/mol. The highest BCUT2D eigenvalue weighted by Crippen LogP contribution is 2.39. The third-order valence-corrected chi connectivity index (χ3v) is 4.25. The van der Waals surface area contributed by atoms with Crippen LogP contribution in [0.15, 0.2) is 59.4 Å². The second kappa shape index (κ2) is 6.99. The molecule has 2 aromatic carbocycles. The third kappa shape index (κ3) is 3.65. The first-order valence-electron chi connectivity index (χ1n) is 8.30. The minimum absolute atomic E-state index is 0.0431. The van der Waals surface area contributed by atoms with E-state index in [1.165, 1.54) is 42.3 Å². The van der Waals surface area contributed by atoms with Crippen LogP contribution in [0.2, 0.25) is 0 Å². The van der Waals surface area contributed by atoms with Crippen LogP contribution >= 0.6 is 0 Å². The number of anilines is 2. The molecule has 2 heterocycles. The van der Waals surface area contributed by atoms with Gasteiger partial charge in [0, 0.05) is 16.8 Å². The Morgan fingerprint density at radius 3 is 2.69 bits per heavy atom. The highest BCUT2D eigenvalue weighted by molar-refractivity contribution is 5.94. The molecule has 0 saturated heterocycles. The quantitative estimate of drug-likeness (QED) is 0.293. The van der Waals surface area contributed by atoms with Crippen LogP contribution in [0.3, 0.4) is 0 Å². The molecule has 0 saturated carbocycles. The van der Waals surface area contributed by atoms with E-state index in [0.29, 0.717) is 16.8 Å². The molecule has 0 spiro atoms. The van der Waals surface area contributed by atoms with Gasteiger partial charge in [0.05, 0.1) is 29.1 Å². The Labute approximate surface area is 161 Å². The first-order chi connectivity index (χ1) is 13.8. The van der Waals surface area contributed by atoms with Crippen molar-refractivity contribution in [2.24, 2.45) is 0 Å². The van der Waals surface area contributed by atoms with Crippen LogP contribution in [0.4, 0.5) is 24.8 Å². The molecule has 0 fully saturated rings. The van der Waals surface area contributed by atoms with Crippen molar-refractivity contribution in [3.8, 4) is 11.1 Å². The van der Waals surface area contributed by atoms with Gasteiger partial charge in [0.15, 0.2) is 0 Å². The summed E-state index contributed by atoms with van der Waals surface area (Å²) in [6.45, 7) is 0. The van der Waals surface area contributed by atoms with Crippen molar-refractivity contribution in [2.45, 2.75) is 6.18 Å². The number of carbonyl (C=O) groups excluding carboxylic acids is 1. The fourth-order valence-electron chi connectivity index (χ4n) is 2.95. The van der Waals surface area contributed by atoms with Crippen molar-refractivity contribution in [3.05, 3.63) is 66.1 Å². The Hall–Kier alpha value is -3.79. The van der Waals surface area contributed by atoms with Gasteiger partial charge in [-0.15, -0.1) is 0 Å². The number of amides is 1. The summed E-state index contributed by atoms with van der Waals surface area (Å²) in [7, 11) is 0. The van der Waals surface area contributed by atoms with Gasteiger partial charge in [0.2, 0.25) is 5.95 Å². The monoisotopic (exact) mass is 402 g/mol. The summed E-state index contributed by atoms with van der Waals surface area (Å²) in [5.41, 5.74) is 2.12. The molecule has 0 aliphatic rings. The number of halogens is 3. The number of H-pyrrole nitrogens is 1. The van der Waals surface area contributed by atoms with E-state index in [2.05, 4.69) is 15.3 Å². The normalized spacial score (nSPS) is 11.6. The summed E-state index contributed by atoms with van der Waals surface area (Å²) in [4.78, 5) is 18.6. The number of hydrogen-bond donors (Lipinski definition) is 4. The summed E-state index contributed by atoms with van der Waals surface area (Å²) in [5.74, 6) is -0.503. The van der Waals surface area contributed by atoms with Gasteiger partial charge in [-0.25, -0.2) is 10.5 Å². The number of carbonyl (C=O) groups is 1. The Kier molecular flexibility index (Phi) is 4.47. The molecule has 4 N–H and O–H groups in total. The van der Waals surface area contributed by atoms with Gasteiger partial charge >= 0.3 is 6.18 Å². The van der Waals surface area contributed by atoms with E-state index in [-0.39, 0.29) is 22.6 Å². The molecule has 1 amide bonds. The maximum absolute atomic E-state index is 13.5. The minimum Gasteiger partial charge on any atom is -0.472 e. The van der Waals surface area contributed by atoms with Crippen LogP contribution < -0.4 is 10.8 Å². The molecular weight excluding hydrogens is 389 g/mol. The average Bonchev–Trinajstić information content (AvgIpc) is 3.34. The molecule has 10 heteroatoms. The van der Waals surface area contributed by atoms with E-state index in [0.717, 1.165) is 6.07 Å². The van der Waals surface area contributed by atoms with Gasteiger partial charge in [-0.1, -0.05) is 6.07 Å². The summed E-state index contributed by atoms with van der Waals surface area (Å²) >= 11 is 0. The smallest absolute Gasteiger partial charge is 0.417 e. The molecule has 0 radical (unpaired) electrons. The van der Waals surface area contributed by atoms with E-state index in [1.807, 2.05) is 0 Å². The molecule has 0 unspecified atom stereocenters. The van der Waals surface area contributed by atoms with Crippen molar-refractivity contribution < 1.29 is 27.6 Å². The number of aromatic nitrogens is 2. The van der Waals surface area contributed by atoms with E-state index in [1.54, 1.807) is 12.1 Å². The first kappa shape index (κ1) is 18.6. The summed E-state index contributed by atoms with van der Waals surface area (Å²) in [6.07, 6.45) is -2.03. The number of nitrogens with zero attached hydrogens (tertiary/aromatic N) is 1. The number of imidazole rings is 1. The zero-order valence-corrected chi connectivity index (χ0v) is 14.5. The summed E-state index contributed by atoms with van der Waals surface area (Å²) < 4.78 is 45.5. The molecule has 148 valence electrons. The van der Waals surface area contributed by atoms with Crippen molar-refractivity contribution in [3.63, 3.8) is 0 Å². The van der Waals surface area contributed by atoms with E-state index >= 15 is 0 Å². The largest absolute Gasteiger partial charge is 0.472 e. The molecule has 2 aromatic heterocycles. The minimum atomic E-state index is -4.56. The topological polar surface area (TPSA) is 103 Å². The van der Waals surface area contributed by atoms with E-state index < -0.39 is 17.6 Å². The lowest BCUT2D eigenvalue weighted by atomic mass is 10.0. The molecule has 0 aliphatic heterocycles. The Balaban J connectivity index is 1.74. The second-order valence-corrected chi connectivity index (χ2v) is 6.16. The average molecular weight is 402 g/mol. The van der Waals surface area contributed by atoms with Crippen LogP contribution in [0.1, 0.15) is 15.9 Å². The summed E-state index contributed by atoms with van der Waals surface area (Å²) in [6, 6.07) is 9.93. The van der Waals surface area contributed by atoms with Gasteiger partial charge in [0.1, 0.15) is 0 Å². The zero-order valence-electron chi connectivity index (χ0n) is 14.5. The van der Waals surface area contributed by atoms with Crippen LogP contribution in [-0.4, -0.2) is 21.1 Å². The molecule has 29 heavy (non-hydrogen) atoms. The fraction of sp³-hybridized carbons (Fsp3) is 0.0526. The summed E-state index contributed by atoms with van der Waals surface area (Å²) in [5, 5.41) is 11.6. The number of benzene rings is 2. The molecule has 0 aliphatic carbocycles. The van der Waals surface area contributed by atoms with Gasteiger partial charge in [-0.05, 0) is 42.0 Å². The maximum Gasteiger partial charge on any atom is 0.417 e. The lowest BCUT2D eigenvalue weighted by molar-refractivity contribution is -0.137. The zero-order chi connectivity index (χ0) is 20.6. The number of rotatable bonds is 4. The van der Waals surface area contributed by atoms with Crippen LogP contribution in [-0.2, 0) is 6.18 Å². The number of aromatic amines is 1. The Morgan fingerprint density at radius 1 is 1.17 bits per heavy atom. The van der Waals surface area contributed by atoms with Crippen molar-refractivity contribution >= 4 is 28.6 Å². The third-order valence-electron chi connectivity index (χ3n) is 4.25. The maximum atomic E-state index is 13.5. The van der Waals surface area contributed by atoms with Crippen LogP contribution in [0, 0.1) is 0 Å². The standard InChI is InChI=1S/C19H13F3N4O3/c20-19(21,22)14-8-16-15(7-13(14)11-4-5-29-9-11)24-18(25-16)23-12-3-1-2-10(6-12)17(27)26-28/h1-9,28H,(H,26,27)(H2,23,24,25). The van der Waals surface area contributed by atoms with Crippen molar-refractivity contribution in [1.82, 2.24) is 15.4 Å². The highest BCUT2D eigenvalue weighted by Gasteiger charge is 2.34.